The molecule has 7 nitrogen and oxygen atoms in total. The van der Waals surface area contributed by atoms with E-state index in [2.05, 4.69) is 12.2 Å². The molecule has 0 heterocycles. The number of hydrogen-bond acceptors (Lipinski definition) is 6. The summed E-state index contributed by atoms with van der Waals surface area (Å²) in [7, 11) is 1.45. The SMILES string of the molecule is CCCCCCCCCCCCOC(=O)[C@H](Cc1ccc(O)cc1)NC(=O)/C=C/c1ccc(O)c(OC)c1. The maximum Gasteiger partial charge on any atom is 0.328 e. The monoisotopic (exact) mass is 525 g/mol. The summed E-state index contributed by atoms with van der Waals surface area (Å²) in [4.78, 5) is 25.5. The molecule has 2 rings (SSSR count). The van der Waals surface area contributed by atoms with Gasteiger partial charge in [0.15, 0.2) is 11.5 Å². The van der Waals surface area contributed by atoms with E-state index in [0.717, 1.165) is 24.8 Å². The van der Waals surface area contributed by atoms with Crippen LogP contribution in [-0.4, -0.2) is 41.8 Å². The molecule has 0 spiro atoms. The van der Waals surface area contributed by atoms with E-state index in [1.54, 1.807) is 42.5 Å². The van der Waals surface area contributed by atoms with Gasteiger partial charge in [-0.3, -0.25) is 4.79 Å². The number of carbonyl (C=O) groups is 2. The lowest BCUT2D eigenvalue weighted by Crippen LogP contribution is -2.42. The standard InChI is InChI=1S/C31H43NO6/c1-3-4-5-6-7-8-9-10-11-12-21-38-31(36)27(22-24-13-17-26(33)18-14-24)32-30(35)20-16-25-15-19-28(34)29(23-25)37-2/h13-20,23,27,33-34H,3-12,21-22H2,1-2H3,(H,32,35)/b20-16+/t27-/m0/s1. The zero-order chi connectivity index (χ0) is 27.6. The van der Waals surface area contributed by atoms with Crippen LogP contribution in [0.1, 0.15) is 82.3 Å². The van der Waals surface area contributed by atoms with Gasteiger partial charge in [0, 0.05) is 12.5 Å². The van der Waals surface area contributed by atoms with E-state index in [9.17, 15) is 19.8 Å². The summed E-state index contributed by atoms with van der Waals surface area (Å²) < 4.78 is 10.6. The van der Waals surface area contributed by atoms with Crippen molar-refractivity contribution < 1.29 is 29.3 Å². The van der Waals surface area contributed by atoms with Gasteiger partial charge in [-0.2, -0.15) is 0 Å². The molecule has 3 N–H and O–H groups in total. The predicted molar refractivity (Wildman–Crippen MR) is 150 cm³/mol. The first-order valence-corrected chi connectivity index (χ1v) is 13.7. The third-order valence-electron chi connectivity index (χ3n) is 6.35. The number of aromatic hydroxyl groups is 2. The molecule has 0 aliphatic carbocycles. The number of ether oxygens (including phenoxy) is 2. The van der Waals surface area contributed by atoms with E-state index in [4.69, 9.17) is 9.47 Å². The third-order valence-corrected chi connectivity index (χ3v) is 6.35. The second-order valence-corrected chi connectivity index (χ2v) is 9.55. The number of phenolic OH excluding ortho intramolecular Hbond substituents is 2. The molecule has 0 bridgehead atoms. The second-order valence-electron chi connectivity index (χ2n) is 9.55. The molecule has 0 aromatic heterocycles. The number of benzene rings is 2. The summed E-state index contributed by atoms with van der Waals surface area (Å²) in [5.74, 6) is -0.495. The van der Waals surface area contributed by atoms with E-state index in [0.29, 0.717) is 17.9 Å². The molecule has 1 atom stereocenters. The number of phenols is 2. The highest BCUT2D eigenvalue weighted by molar-refractivity contribution is 5.94. The number of carbonyl (C=O) groups excluding carboxylic acids is 2. The zero-order valence-corrected chi connectivity index (χ0v) is 22.8. The first kappa shape index (κ1) is 30.7. The zero-order valence-electron chi connectivity index (χ0n) is 22.8. The average molecular weight is 526 g/mol. The largest absolute Gasteiger partial charge is 0.508 e. The van der Waals surface area contributed by atoms with E-state index >= 15 is 0 Å². The summed E-state index contributed by atoms with van der Waals surface area (Å²) in [6.07, 6.45) is 15.1. The Morgan fingerprint density at radius 1 is 0.895 bits per heavy atom. The van der Waals surface area contributed by atoms with Crippen LogP contribution in [0.15, 0.2) is 48.5 Å². The number of amides is 1. The van der Waals surface area contributed by atoms with Crippen molar-refractivity contribution in [3.05, 3.63) is 59.7 Å². The number of hydrogen-bond donors (Lipinski definition) is 3. The number of unbranched alkanes of at least 4 members (excludes halogenated alkanes) is 9. The van der Waals surface area contributed by atoms with Crippen LogP contribution in [0, 0.1) is 0 Å². The fourth-order valence-corrected chi connectivity index (χ4v) is 4.11. The molecule has 2 aromatic rings. The van der Waals surface area contributed by atoms with Gasteiger partial charge >= 0.3 is 5.97 Å². The highest BCUT2D eigenvalue weighted by Gasteiger charge is 2.22. The summed E-state index contributed by atoms with van der Waals surface area (Å²) in [6.45, 7) is 2.55. The molecule has 0 unspecified atom stereocenters. The summed E-state index contributed by atoms with van der Waals surface area (Å²) in [5.41, 5.74) is 1.45. The number of rotatable bonds is 18. The number of nitrogens with one attached hydrogen (secondary N) is 1. The van der Waals surface area contributed by atoms with Gasteiger partial charge in [-0.25, -0.2) is 4.79 Å². The molecule has 1 amide bonds. The number of esters is 1. The smallest absolute Gasteiger partial charge is 0.328 e. The molecular formula is C31H43NO6. The van der Waals surface area contributed by atoms with Crippen LogP contribution in [-0.2, 0) is 20.7 Å². The topological polar surface area (TPSA) is 105 Å². The Morgan fingerprint density at radius 2 is 1.53 bits per heavy atom. The highest BCUT2D eigenvalue weighted by Crippen LogP contribution is 2.26. The van der Waals surface area contributed by atoms with Crippen LogP contribution >= 0.6 is 0 Å². The van der Waals surface area contributed by atoms with Crippen LogP contribution in [0.3, 0.4) is 0 Å². The van der Waals surface area contributed by atoms with Crippen LogP contribution in [0.4, 0.5) is 0 Å². The van der Waals surface area contributed by atoms with Gasteiger partial charge in [-0.1, -0.05) is 82.9 Å². The van der Waals surface area contributed by atoms with Crippen molar-refractivity contribution in [3.8, 4) is 17.2 Å². The second kappa shape index (κ2) is 17.9. The molecule has 38 heavy (non-hydrogen) atoms. The first-order valence-electron chi connectivity index (χ1n) is 13.7. The fraction of sp³-hybridized carbons (Fsp3) is 0.484. The van der Waals surface area contributed by atoms with Crippen LogP contribution in [0.25, 0.3) is 6.08 Å². The van der Waals surface area contributed by atoms with Gasteiger partial charge < -0.3 is 25.0 Å². The van der Waals surface area contributed by atoms with Crippen molar-refractivity contribution in [3.63, 3.8) is 0 Å². The summed E-state index contributed by atoms with van der Waals surface area (Å²) in [5, 5.41) is 22.0. The van der Waals surface area contributed by atoms with E-state index in [1.807, 2.05) is 0 Å². The molecule has 7 heteroatoms. The molecule has 0 radical (unpaired) electrons. The Balaban J connectivity index is 1.84. The summed E-state index contributed by atoms with van der Waals surface area (Å²) in [6, 6.07) is 10.4. The Bertz CT molecular complexity index is 1000. The molecule has 0 saturated heterocycles. The van der Waals surface area contributed by atoms with E-state index in [1.165, 1.54) is 64.2 Å². The molecule has 208 valence electrons. The van der Waals surface area contributed by atoms with Gasteiger partial charge in [-0.05, 0) is 47.9 Å². The Kier molecular flexibility index (Phi) is 14.5. The fourth-order valence-electron chi connectivity index (χ4n) is 4.11. The van der Waals surface area contributed by atoms with Crippen molar-refractivity contribution in [1.82, 2.24) is 5.32 Å². The van der Waals surface area contributed by atoms with Crippen molar-refractivity contribution in [1.29, 1.82) is 0 Å². The molecule has 0 aliphatic rings. The molecular weight excluding hydrogens is 482 g/mol. The predicted octanol–water partition coefficient (Wildman–Crippen LogP) is 6.31. The maximum absolute atomic E-state index is 12.9. The van der Waals surface area contributed by atoms with Gasteiger partial charge in [-0.15, -0.1) is 0 Å². The third kappa shape index (κ3) is 12.2. The number of methoxy groups -OCH3 is 1. The Labute approximate surface area is 226 Å². The minimum absolute atomic E-state index is 0.00761. The maximum atomic E-state index is 12.9. The van der Waals surface area contributed by atoms with E-state index < -0.39 is 17.9 Å². The van der Waals surface area contributed by atoms with Gasteiger partial charge in [0.25, 0.3) is 0 Å². The van der Waals surface area contributed by atoms with Crippen molar-refractivity contribution in [2.45, 2.75) is 83.6 Å². The van der Waals surface area contributed by atoms with Crippen molar-refractivity contribution in [2.24, 2.45) is 0 Å². The van der Waals surface area contributed by atoms with Crippen molar-refractivity contribution in [2.75, 3.05) is 13.7 Å². The first-order chi connectivity index (χ1) is 18.4. The van der Waals surface area contributed by atoms with Gasteiger partial charge in [0.2, 0.25) is 5.91 Å². The average Bonchev–Trinajstić information content (AvgIpc) is 2.92. The summed E-state index contributed by atoms with van der Waals surface area (Å²) >= 11 is 0. The Morgan fingerprint density at radius 3 is 2.16 bits per heavy atom. The van der Waals surface area contributed by atoms with Gasteiger partial charge in [0.1, 0.15) is 11.8 Å². The normalized spacial score (nSPS) is 11.8. The van der Waals surface area contributed by atoms with Crippen LogP contribution < -0.4 is 10.1 Å². The van der Waals surface area contributed by atoms with Crippen LogP contribution in [0.2, 0.25) is 0 Å². The minimum Gasteiger partial charge on any atom is -0.508 e. The lowest BCUT2D eigenvalue weighted by Gasteiger charge is -2.17. The Hall–Kier alpha value is -3.48. The molecule has 0 fully saturated rings. The van der Waals surface area contributed by atoms with Gasteiger partial charge in [0.05, 0.1) is 13.7 Å². The van der Waals surface area contributed by atoms with Crippen LogP contribution in [0.5, 0.6) is 17.2 Å². The van der Waals surface area contributed by atoms with Crippen molar-refractivity contribution >= 4 is 18.0 Å². The molecule has 2 aromatic carbocycles. The highest BCUT2D eigenvalue weighted by atomic mass is 16.5. The molecule has 0 saturated carbocycles. The lowest BCUT2D eigenvalue weighted by atomic mass is 10.1. The minimum atomic E-state index is -0.867. The lowest BCUT2D eigenvalue weighted by molar-refractivity contribution is -0.147. The quantitative estimate of drug-likeness (QED) is 0.120. The van der Waals surface area contributed by atoms with E-state index in [-0.39, 0.29) is 17.9 Å². The molecule has 0 aliphatic heterocycles.